The molecule has 0 saturated carbocycles. The number of hydrogen-bond donors (Lipinski definition) is 1. The van der Waals surface area contributed by atoms with Crippen LogP contribution in [0.2, 0.25) is 0 Å². The fourth-order valence-corrected chi connectivity index (χ4v) is 2.87. The zero-order chi connectivity index (χ0) is 17.3. The Labute approximate surface area is 149 Å². The number of benzene rings is 1. The van der Waals surface area contributed by atoms with E-state index in [2.05, 4.69) is 26.8 Å². The van der Waals surface area contributed by atoms with Crippen molar-refractivity contribution in [3.8, 4) is 23.1 Å². The Hall–Kier alpha value is -3.91. The lowest BCUT2D eigenvalue weighted by Gasteiger charge is -2.01. The lowest BCUT2D eigenvalue weighted by molar-refractivity contribution is 0.930. The molecule has 0 saturated heterocycles. The van der Waals surface area contributed by atoms with Crippen LogP contribution in [0.15, 0.2) is 73.2 Å². The zero-order valence-corrected chi connectivity index (χ0v) is 13.7. The van der Waals surface area contributed by atoms with E-state index in [4.69, 9.17) is 5.10 Å². The molecule has 0 spiro atoms. The number of nitrogens with one attached hydrogen (secondary N) is 1. The average Bonchev–Trinajstić information content (AvgIpc) is 3.33. The van der Waals surface area contributed by atoms with Gasteiger partial charge >= 0.3 is 0 Å². The highest BCUT2D eigenvalue weighted by Crippen LogP contribution is 2.17. The molecular formula is C21H13N5. The number of H-pyrrole nitrogens is 1. The van der Waals surface area contributed by atoms with Crippen molar-refractivity contribution in [1.29, 1.82) is 0 Å². The third-order valence-electron chi connectivity index (χ3n) is 4.17. The van der Waals surface area contributed by atoms with Crippen LogP contribution >= 0.6 is 0 Å². The summed E-state index contributed by atoms with van der Waals surface area (Å²) in [6.45, 7) is 0. The second kappa shape index (κ2) is 5.87. The number of hydrogen-bond acceptors (Lipinski definition) is 3. The van der Waals surface area contributed by atoms with Crippen LogP contribution in [-0.4, -0.2) is 24.6 Å². The minimum absolute atomic E-state index is 0.743. The second-order valence-electron chi connectivity index (χ2n) is 5.89. The van der Waals surface area contributed by atoms with Crippen LogP contribution < -0.4 is 0 Å². The Kier molecular flexibility index (Phi) is 3.26. The summed E-state index contributed by atoms with van der Waals surface area (Å²) in [4.78, 5) is 11.8. The van der Waals surface area contributed by atoms with Crippen LogP contribution in [0.25, 0.3) is 27.9 Å². The fourth-order valence-electron chi connectivity index (χ4n) is 2.87. The van der Waals surface area contributed by atoms with E-state index in [1.54, 1.807) is 16.9 Å². The molecule has 0 aliphatic rings. The van der Waals surface area contributed by atoms with Crippen molar-refractivity contribution in [1.82, 2.24) is 24.6 Å². The van der Waals surface area contributed by atoms with Gasteiger partial charge < -0.3 is 4.98 Å². The van der Waals surface area contributed by atoms with E-state index in [0.717, 1.165) is 39.2 Å². The van der Waals surface area contributed by atoms with Gasteiger partial charge in [0.15, 0.2) is 5.65 Å². The summed E-state index contributed by atoms with van der Waals surface area (Å²) < 4.78 is 1.78. The summed E-state index contributed by atoms with van der Waals surface area (Å²) in [5.41, 5.74) is 5.17. The Morgan fingerprint density at radius 1 is 0.885 bits per heavy atom. The van der Waals surface area contributed by atoms with Crippen molar-refractivity contribution in [3.63, 3.8) is 0 Å². The van der Waals surface area contributed by atoms with Crippen molar-refractivity contribution in [3.05, 3.63) is 84.4 Å². The number of fused-ring (bicyclic) bond motifs is 2. The van der Waals surface area contributed by atoms with E-state index >= 15 is 0 Å². The number of rotatable bonds is 1. The van der Waals surface area contributed by atoms with Gasteiger partial charge in [0, 0.05) is 28.9 Å². The first-order chi connectivity index (χ1) is 12.9. The van der Waals surface area contributed by atoms with Crippen molar-refractivity contribution in [2.45, 2.75) is 0 Å². The molecule has 4 heterocycles. The zero-order valence-electron chi connectivity index (χ0n) is 13.7. The van der Waals surface area contributed by atoms with Gasteiger partial charge in [-0.2, -0.15) is 5.10 Å². The van der Waals surface area contributed by atoms with Crippen LogP contribution in [-0.2, 0) is 0 Å². The van der Waals surface area contributed by atoms with E-state index in [0.29, 0.717) is 0 Å². The summed E-state index contributed by atoms with van der Waals surface area (Å²) in [6.07, 6.45) is 5.37. The molecule has 0 aliphatic carbocycles. The maximum Gasteiger partial charge on any atom is 0.154 e. The number of aromatic nitrogens is 5. The Bertz CT molecular complexity index is 1290. The van der Waals surface area contributed by atoms with Gasteiger partial charge in [0.05, 0.1) is 11.9 Å². The minimum atomic E-state index is 0.743. The van der Waals surface area contributed by atoms with Gasteiger partial charge in [-0.05, 0) is 30.2 Å². The van der Waals surface area contributed by atoms with Crippen molar-refractivity contribution >= 4 is 16.7 Å². The Balaban J connectivity index is 1.57. The monoisotopic (exact) mass is 335 g/mol. The Morgan fingerprint density at radius 3 is 2.73 bits per heavy atom. The number of imidazole rings is 1. The van der Waals surface area contributed by atoms with Crippen molar-refractivity contribution < 1.29 is 0 Å². The molecule has 5 rings (SSSR count). The molecular weight excluding hydrogens is 322 g/mol. The summed E-state index contributed by atoms with van der Waals surface area (Å²) in [5.74, 6) is 6.31. The second-order valence-corrected chi connectivity index (χ2v) is 5.89. The number of aromatic amines is 1. The quantitative estimate of drug-likeness (QED) is 0.476. The first-order valence-electron chi connectivity index (χ1n) is 8.22. The lowest BCUT2D eigenvalue weighted by Crippen LogP contribution is -1.96. The number of pyridine rings is 1. The van der Waals surface area contributed by atoms with Crippen LogP contribution in [0.3, 0.4) is 0 Å². The Morgan fingerprint density at radius 2 is 1.81 bits per heavy atom. The molecule has 0 bridgehead atoms. The van der Waals surface area contributed by atoms with Gasteiger partial charge in [0.2, 0.25) is 0 Å². The topological polar surface area (TPSA) is 58.9 Å². The van der Waals surface area contributed by atoms with E-state index in [-0.39, 0.29) is 0 Å². The predicted octanol–water partition coefficient (Wildman–Crippen LogP) is 3.67. The highest BCUT2D eigenvalue weighted by molar-refractivity contribution is 5.76. The van der Waals surface area contributed by atoms with Gasteiger partial charge in [-0.25, -0.2) is 14.5 Å². The molecule has 5 heteroatoms. The van der Waals surface area contributed by atoms with Gasteiger partial charge in [0.1, 0.15) is 11.3 Å². The van der Waals surface area contributed by atoms with Gasteiger partial charge in [-0.1, -0.05) is 36.3 Å². The molecule has 0 unspecified atom stereocenters. The van der Waals surface area contributed by atoms with Crippen LogP contribution in [0.4, 0.5) is 0 Å². The molecule has 0 amide bonds. The molecule has 0 aliphatic heterocycles. The molecule has 1 N–H and O–H groups in total. The third kappa shape index (κ3) is 2.50. The molecule has 0 atom stereocenters. The lowest BCUT2D eigenvalue weighted by atomic mass is 10.1. The highest BCUT2D eigenvalue weighted by atomic mass is 15.3. The minimum Gasteiger partial charge on any atom is -0.346 e. The standard InChI is InChI=1S/C21H13N5/c1-2-4-16(5-3-1)19-8-9-20-23-14-18(26(20)25-19)7-6-15-12-17-10-11-22-21(17)24-13-15/h1-5,8-14H,(H,22,24). The molecule has 0 fully saturated rings. The summed E-state index contributed by atoms with van der Waals surface area (Å²) in [7, 11) is 0. The van der Waals surface area contributed by atoms with Crippen molar-refractivity contribution in [2.24, 2.45) is 0 Å². The van der Waals surface area contributed by atoms with Crippen LogP contribution in [0.5, 0.6) is 0 Å². The molecule has 5 nitrogen and oxygen atoms in total. The molecule has 0 radical (unpaired) electrons. The van der Waals surface area contributed by atoms with Gasteiger partial charge in [-0.15, -0.1) is 0 Å². The van der Waals surface area contributed by atoms with E-state index in [9.17, 15) is 0 Å². The fraction of sp³-hybridized carbons (Fsp3) is 0. The molecule has 122 valence electrons. The number of nitrogens with zero attached hydrogens (tertiary/aromatic N) is 4. The molecule has 4 aromatic heterocycles. The summed E-state index contributed by atoms with van der Waals surface area (Å²) in [5, 5.41) is 5.73. The van der Waals surface area contributed by atoms with E-state index in [1.807, 2.05) is 60.8 Å². The largest absolute Gasteiger partial charge is 0.346 e. The maximum absolute atomic E-state index is 4.69. The van der Waals surface area contributed by atoms with Gasteiger partial charge in [0.25, 0.3) is 0 Å². The van der Waals surface area contributed by atoms with Crippen molar-refractivity contribution in [2.75, 3.05) is 0 Å². The first-order valence-corrected chi connectivity index (χ1v) is 8.22. The van der Waals surface area contributed by atoms with E-state index in [1.165, 1.54) is 0 Å². The normalized spacial score (nSPS) is 10.8. The SMILES string of the molecule is C(#Cc1cnc2ccc(-c3ccccc3)nn12)c1cnc2[nH]ccc2c1. The van der Waals surface area contributed by atoms with Crippen LogP contribution in [0, 0.1) is 11.8 Å². The highest BCUT2D eigenvalue weighted by Gasteiger charge is 2.05. The van der Waals surface area contributed by atoms with E-state index < -0.39 is 0 Å². The third-order valence-corrected chi connectivity index (χ3v) is 4.17. The molecule has 1 aromatic carbocycles. The summed E-state index contributed by atoms with van der Waals surface area (Å²) >= 11 is 0. The smallest absolute Gasteiger partial charge is 0.154 e. The average molecular weight is 335 g/mol. The predicted molar refractivity (Wildman–Crippen MR) is 100 cm³/mol. The summed E-state index contributed by atoms with van der Waals surface area (Å²) in [6, 6.07) is 18.0. The molecule has 26 heavy (non-hydrogen) atoms. The first kappa shape index (κ1) is 14.4. The maximum atomic E-state index is 4.69. The van der Waals surface area contributed by atoms with Crippen LogP contribution in [0.1, 0.15) is 11.3 Å². The molecule has 5 aromatic rings. The van der Waals surface area contributed by atoms with Gasteiger partial charge in [-0.3, -0.25) is 0 Å².